The van der Waals surface area contributed by atoms with Crippen LogP contribution < -0.4 is 5.32 Å². The fourth-order valence-corrected chi connectivity index (χ4v) is 1.83. The van der Waals surface area contributed by atoms with Gasteiger partial charge in [-0.15, -0.1) is 5.10 Å². The highest BCUT2D eigenvalue weighted by Crippen LogP contribution is 2.13. The molecule has 0 aliphatic heterocycles. The lowest BCUT2D eigenvalue weighted by atomic mass is 10.1. The summed E-state index contributed by atoms with van der Waals surface area (Å²) in [5.74, 6) is 0.856. The van der Waals surface area contributed by atoms with Gasteiger partial charge in [-0.2, -0.15) is 4.98 Å². The van der Waals surface area contributed by atoms with E-state index in [-0.39, 0.29) is 12.6 Å². The minimum Gasteiger partial charge on any atom is -0.394 e. The topological polar surface area (TPSA) is 62.5 Å². The molecule has 2 N–H and O–H groups in total. The van der Waals surface area contributed by atoms with E-state index in [0.29, 0.717) is 11.9 Å². The van der Waals surface area contributed by atoms with E-state index in [9.17, 15) is 5.11 Å². The number of hydrogen-bond acceptors (Lipinski definition) is 4. The van der Waals surface area contributed by atoms with Crippen LogP contribution >= 0.6 is 15.9 Å². The predicted molar refractivity (Wildman–Crippen MR) is 70.0 cm³/mol. The smallest absolute Gasteiger partial charge is 0.243 e. The number of aliphatic hydroxyl groups is 1. The summed E-state index contributed by atoms with van der Waals surface area (Å²) in [5, 5.41) is 16.7. The van der Waals surface area contributed by atoms with Gasteiger partial charge in [0.2, 0.25) is 5.95 Å². The largest absolute Gasteiger partial charge is 0.394 e. The lowest BCUT2D eigenvalue weighted by molar-refractivity contribution is 0.248. The molecule has 2 aromatic heterocycles. The molecule has 0 fully saturated rings. The number of anilines is 1. The fraction of sp³-hybridized carbons (Fsp3) is 0.455. The van der Waals surface area contributed by atoms with E-state index < -0.39 is 0 Å². The summed E-state index contributed by atoms with van der Waals surface area (Å²) in [6.45, 7) is 4.15. The normalized spacial score (nSPS) is 13.2. The SMILES string of the molecule is CC(C)C(CO)Nc1nc2ccc(Br)cn2n1. The second-order valence-corrected chi connectivity index (χ2v) is 5.18. The standard InChI is InChI=1S/C11H15BrN4O/c1-7(2)9(6-17)13-11-14-10-4-3-8(12)5-16(10)15-11/h3-5,7,9,17H,6H2,1-2H3,(H,13,15). The van der Waals surface area contributed by atoms with Crippen molar-refractivity contribution in [2.45, 2.75) is 19.9 Å². The first-order chi connectivity index (χ1) is 8.10. The highest BCUT2D eigenvalue weighted by molar-refractivity contribution is 9.10. The fourth-order valence-electron chi connectivity index (χ4n) is 1.51. The van der Waals surface area contributed by atoms with Gasteiger partial charge in [0, 0.05) is 10.7 Å². The Bertz CT molecular complexity index is 511. The molecule has 1 unspecified atom stereocenters. The molecule has 5 nitrogen and oxygen atoms in total. The van der Waals surface area contributed by atoms with E-state index in [1.807, 2.05) is 32.2 Å². The van der Waals surface area contributed by atoms with Crippen LogP contribution in [0.4, 0.5) is 5.95 Å². The van der Waals surface area contributed by atoms with E-state index >= 15 is 0 Å². The van der Waals surface area contributed by atoms with Gasteiger partial charge in [0.25, 0.3) is 0 Å². The number of nitrogens with one attached hydrogen (secondary N) is 1. The third-order valence-corrected chi connectivity index (χ3v) is 3.08. The summed E-state index contributed by atoms with van der Waals surface area (Å²) >= 11 is 3.38. The molecule has 0 aliphatic rings. The lowest BCUT2D eigenvalue weighted by Crippen LogP contribution is -2.29. The van der Waals surface area contributed by atoms with Crippen molar-refractivity contribution in [3.05, 3.63) is 22.8 Å². The van der Waals surface area contributed by atoms with Crippen LogP contribution in [0.2, 0.25) is 0 Å². The Morgan fingerprint density at radius 1 is 1.47 bits per heavy atom. The molecule has 6 heteroatoms. The summed E-state index contributed by atoms with van der Waals surface area (Å²) in [6.07, 6.45) is 1.84. The van der Waals surface area contributed by atoms with Crippen molar-refractivity contribution in [3.63, 3.8) is 0 Å². The molecule has 0 saturated carbocycles. The molecule has 2 aromatic rings. The highest BCUT2D eigenvalue weighted by Gasteiger charge is 2.14. The molecule has 0 bridgehead atoms. The van der Waals surface area contributed by atoms with Crippen LogP contribution in [0, 0.1) is 5.92 Å². The third-order valence-electron chi connectivity index (χ3n) is 2.61. The number of nitrogens with zero attached hydrogens (tertiary/aromatic N) is 3. The second-order valence-electron chi connectivity index (χ2n) is 4.26. The van der Waals surface area contributed by atoms with Crippen molar-refractivity contribution in [3.8, 4) is 0 Å². The third kappa shape index (κ3) is 2.76. The lowest BCUT2D eigenvalue weighted by Gasteiger charge is -2.18. The number of pyridine rings is 1. The van der Waals surface area contributed by atoms with Gasteiger partial charge < -0.3 is 10.4 Å². The Morgan fingerprint density at radius 3 is 2.88 bits per heavy atom. The Hall–Kier alpha value is -1.14. The van der Waals surface area contributed by atoms with Crippen molar-refractivity contribution in [2.24, 2.45) is 5.92 Å². The molecule has 0 amide bonds. The van der Waals surface area contributed by atoms with Gasteiger partial charge in [-0.25, -0.2) is 4.52 Å². The van der Waals surface area contributed by atoms with Gasteiger partial charge in [0.15, 0.2) is 5.65 Å². The zero-order valence-corrected chi connectivity index (χ0v) is 11.3. The molecular weight excluding hydrogens is 284 g/mol. The van der Waals surface area contributed by atoms with Gasteiger partial charge in [-0.05, 0) is 34.0 Å². The summed E-state index contributed by atoms with van der Waals surface area (Å²) in [6, 6.07) is 3.77. The van der Waals surface area contributed by atoms with Crippen LogP contribution in [0.3, 0.4) is 0 Å². The summed E-state index contributed by atoms with van der Waals surface area (Å²) in [7, 11) is 0. The zero-order valence-electron chi connectivity index (χ0n) is 9.76. The van der Waals surface area contributed by atoms with E-state index in [1.165, 1.54) is 0 Å². The van der Waals surface area contributed by atoms with E-state index in [4.69, 9.17) is 0 Å². The minimum atomic E-state index is -0.0316. The van der Waals surface area contributed by atoms with Crippen molar-refractivity contribution in [2.75, 3.05) is 11.9 Å². The molecule has 0 saturated heterocycles. The first-order valence-electron chi connectivity index (χ1n) is 5.49. The maximum atomic E-state index is 9.24. The molecule has 92 valence electrons. The number of fused-ring (bicyclic) bond motifs is 1. The van der Waals surface area contributed by atoms with Gasteiger partial charge in [-0.3, -0.25) is 0 Å². The molecule has 2 heterocycles. The molecule has 0 aromatic carbocycles. The van der Waals surface area contributed by atoms with Crippen LogP contribution in [0.15, 0.2) is 22.8 Å². The first-order valence-corrected chi connectivity index (χ1v) is 6.29. The molecule has 2 rings (SSSR count). The average Bonchev–Trinajstić information content (AvgIpc) is 2.66. The van der Waals surface area contributed by atoms with Gasteiger partial charge >= 0.3 is 0 Å². The minimum absolute atomic E-state index is 0.0316. The Balaban J connectivity index is 2.24. The molecule has 0 aliphatic carbocycles. The molecule has 0 spiro atoms. The summed E-state index contributed by atoms with van der Waals surface area (Å²) in [4.78, 5) is 4.33. The van der Waals surface area contributed by atoms with E-state index in [0.717, 1.165) is 10.1 Å². The number of aromatic nitrogens is 3. The molecule has 0 radical (unpaired) electrons. The second kappa shape index (κ2) is 5.01. The van der Waals surface area contributed by atoms with Crippen LogP contribution in [-0.4, -0.2) is 32.4 Å². The van der Waals surface area contributed by atoms with Gasteiger partial charge in [0.1, 0.15) is 0 Å². The van der Waals surface area contributed by atoms with Crippen molar-refractivity contribution >= 4 is 27.5 Å². The summed E-state index contributed by atoms with van der Waals surface area (Å²) in [5.41, 5.74) is 0.774. The van der Waals surface area contributed by atoms with Crippen molar-refractivity contribution < 1.29 is 5.11 Å². The first kappa shape index (κ1) is 12.3. The van der Waals surface area contributed by atoms with Crippen LogP contribution in [0.5, 0.6) is 0 Å². The van der Waals surface area contributed by atoms with Crippen LogP contribution in [0.25, 0.3) is 5.65 Å². The molecular formula is C11H15BrN4O. The molecule has 17 heavy (non-hydrogen) atoms. The average molecular weight is 299 g/mol. The Morgan fingerprint density at radius 2 is 2.24 bits per heavy atom. The number of halogens is 1. The van der Waals surface area contributed by atoms with E-state index in [2.05, 4.69) is 31.3 Å². The number of hydrogen-bond donors (Lipinski definition) is 2. The summed E-state index contributed by atoms with van der Waals surface area (Å²) < 4.78 is 2.64. The number of rotatable bonds is 4. The number of aliphatic hydroxyl groups excluding tert-OH is 1. The van der Waals surface area contributed by atoms with Crippen molar-refractivity contribution in [1.29, 1.82) is 0 Å². The monoisotopic (exact) mass is 298 g/mol. The van der Waals surface area contributed by atoms with Crippen molar-refractivity contribution in [1.82, 2.24) is 14.6 Å². The van der Waals surface area contributed by atoms with Crippen LogP contribution in [-0.2, 0) is 0 Å². The zero-order chi connectivity index (χ0) is 12.4. The van der Waals surface area contributed by atoms with Gasteiger partial charge in [0.05, 0.1) is 12.6 Å². The Kier molecular flexibility index (Phi) is 3.63. The Labute approximate surface area is 108 Å². The van der Waals surface area contributed by atoms with Crippen LogP contribution in [0.1, 0.15) is 13.8 Å². The maximum absolute atomic E-state index is 9.24. The van der Waals surface area contributed by atoms with E-state index in [1.54, 1.807) is 4.52 Å². The quantitative estimate of drug-likeness (QED) is 0.905. The van der Waals surface area contributed by atoms with Gasteiger partial charge in [-0.1, -0.05) is 13.8 Å². The predicted octanol–water partition coefficient (Wildman–Crippen LogP) is 1.92. The highest BCUT2D eigenvalue weighted by atomic mass is 79.9. The maximum Gasteiger partial charge on any atom is 0.243 e. The molecule has 1 atom stereocenters.